The normalized spacial score (nSPS) is 12.1. The summed E-state index contributed by atoms with van der Waals surface area (Å²) >= 11 is 10.9. The molecule has 1 aromatic heterocycles. The first-order valence-electron chi connectivity index (χ1n) is 10.9. The maximum absolute atomic E-state index is 13.2. The monoisotopic (exact) mass is 488 g/mol. The van der Waals surface area contributed by atoms with Crippen LogP contribution in [0.1, 0.15) is 57.9 Å². The van der Waals surface area contributed by atoms with Crippen molar-refractivity contribution in [2.75, 3.05) is 13.3 Å². The number of carbonyl (C=O) groups excluding carboxylic acids is 1. The van der Waals surface area contributed by atoms with Gasteiger partial charge < -0.3 is 15.5 Å². The summed E-state index contributed by atoms with van der Waals surface area (Å²) < 4.78 is 13.2. The first kappa shape index (κ1) is 30.3. The Labute approximate surface area is 201 Å². The molecule has 1 aromatic carbocycles. The minimum absolute atomic E-state index is 0.319. The van der Waals surface area contributed by atoms with Crippen LogP contribution < -0.4 is 5.32 Å². The van der Waals surface area contributed by atoms with Crippen molar-refractivity contribution in [3.8, 4) is 11.1 Å². The molecule has 32 heavy (non-hydrogen) atoms. The Kier molecular flexibility index (Phi) is 16.8. The average Bonchev–Trinajstić information content (AvgIpc) is 2.84. The molecule has 0 aliphatic rings. The van der Waals surface area contributed by atoms with Crippen molar-refractivity contribution in [2.24, 2.45) is 0 Å². The summed E-state index contributed by atoms with van der Waals surface area (Å²) in [5.41, 5.74) is 3.40. The van der Waals surface area contributed by atoms with Crippen LogP contribution >= 0.6 is 23.2 Å². The van der Waals surface area contributed by atoms with Crippen LogP contribution in [0.4, 0.5) is 4.39 Å². The van der Waals surface area contributed by atoms with Gasteiger partial charge in [-0.2, -0.15) is 0 Å². The number of halogens is 3. The summed E-state index contributed by atoms with van der Waals surface area (Å²) in [6.45, 7) is 7.41. The first-order valence-corrected chi connectivity index (χ1v) is 11.7. The Bertz CT molecular complexity index is 742. The quantitative estimate of drug-likeness (QED) is 0.412. The maximum atomic E-state index is 13.2. The van der Waals surface area contributed by atoms with Gasteiger partial charge in [0.15, 0.2) is 4.84 Å². The Hall–Kier alpha value is -1.73. The summed E-state index contributed by atoms with van der Waals surface area (Å²) in [7, 11) is 0. The fraction of sp³-hybridized carbons (Fsp3) is 0.500. The fourth-order valence-corrected chi connectivity index (χ4v) is 2.68. The highest BCUT2D eigenvalue weighted by molar-refractivity contribution is 6.53. The van der Waals surface area contributed by atoms with Crippen molar-refractivity contribution in [3.05, 3.63) is 53.9 Å². The van der Waals surface area contributed by atoms with Gasteiger partial charge in [-0.15, -0.1) is 0 Å². The van der Waals surface area contributed by atoms with Crippen molar-refractivity contribution in [2.45, 2.75) is 63.9 Å². The number of aromatic nitrogens is 1. The number of hydrogen-bond donors (Lipinski definition) is 3. The van der Waals surface area contributed by atoms with Gasteiger partial charge in [0.2, 0.25) is 0 Å². The molecule has 2 aromatic rings. The van der Waals surface area contributed by atoms with Crippen LogP contribution in [0.3, 0.4) is 0 Å². The van der Waals surface area contributed by atoms with Crippen molar-refractivity contribution in [1.82, 2.24) is 10.3 Å². The van der Waals surface area contributed by atoms with Gasteiger partial charge in [0.05, 0.1) is 6.04 Å². The second-order valence-electron chi connectivity index (χ2n) is 6.65. The van der Waals surface area contributed by atoms with E-state index in [0.29, 0.717) is 12.2 Å². The lowest BCUT2D eigenvalue weighted by molar-refractivity contribution is -0.121. The molecule has 0 bridgehead atoms. The second-order valence-corrected chi connectivity index (χ2v) is 7.75. The van der Waals surface area contributed by atoms with E-state index in [-0.39, 0.29) is 0 Å². The minimum atomic E-state index is -1.32. The number of aryl methyl sites for hydroxylation is 1. The molecule has 2 rings (SSSR count). The number of amides is 1. The summed E-state index contributed by atoms with van der Waals surface area (Å²) in [6, 6.07) is 9.88. The number of aliphatic hydroxyl groups is 2. The van der Waals surface area contributed by atoms with E-state index in [1.807, 2.05) is 51.2 Å². The fourth-order valence-electron chi connectivity index (χ4n) is 2.55. The van der Waals surface area contributed by atoms with Gasteiger partial charge in [0.25, 0.3) is 5.91 Å². The Morgan fingerprint density at radius 2 is 1.62 bits per heavy atom. The van der Waals surface area contributed by atoms with Crippen LogP contribution in [-0.2, 0) is 11.2 Å². The third kappa shape index (κ3) is 10.7. The smallest absolute Gasteiger partial charge is 0.253 e. The van der Waals surface area contributed by atoms with Crippen LogP contribution in [0.25, 0.3) is 11.1 Å². The average molecular weight is 489 g/mol. The summed E-state index contributed by atoms with van der Waals surface area (Å²) in [5, 5.41) is 20.5. The number of alkyl halides is 3. The van der Waals surface area contributed by atoms with Crippen LogP contribution in [0.2, 0.25) is 0 Å². The third-order valence-corrected chi connectivity index (χ3v) is 4.61. The van der Waals surface area contributed by atoms with E-state index < -0.39 is 29.6 Å². The highest BCUT2D eigenvalue weighted by Crippen LogP contribution is 2.24. The number of aliphatic hydroxyl groups excluding tert-OH is 2. The number of rotatable bonds is 9. The van der Waals surface area contributed by atoms with E-state index in [1.165, 1.54) is 0 Å². The second kappa shape index (κ2) is 17.8. The van der Waals surface area contributed by atoms with Gasteiger partial charge in [-0.25, -0.2) is 4.39 Å². The van der Waals surface area contributed by atoms with Gasteiger partial charge in [0, 0.05) is 24.1 Å². The van der Waals surface area contributed by atoms with Gasteiger partial charge in [0.1, 0.15) is 12.8 Å². The largest absolute Gasteiger partial charge is 0.396 e. The summed E-state index contributed by atoms with van der Waals surface area (Å²) in [5.74, 6) is -0.745. The number of nitrogens with zero attached hydrogens (tertiary/aromatic N) is 1. The lowest BCUT2D eigenvalue weighted by atomic mass is 9.99. The summed E-state index contributed by atoms with van der Waals surface area (Å²) in [6.07, 6.45) is 3.45. The molecule has 0 fully saturated rings. The molecular weight excluding hydrogens is 454 g/mol. The molecule has 180 valence electrons. The molecule has 1 amide bonds. The van der Waals surface area contributed by atoms with E-state index in [2.05, 4.69) is 17.2 Å². The molecule has 0 radical (unpaired) electrons. The van der Waals surface area contributed by atoms with E-state index in [0.717, 1.165) is 36.1 Å². The summed E-state index contributed by atoms with van der Waals surface area (Å²) in [4.78, 5) is 14.6. The predicted molar refractivity (Wildman–Crippen MR) is 131 cm³/mol. The van der Waals surface area contributed by atoms with Gasteiger partial charge in [-0.05, 0) is 30.0 Å². The molecule has 0 saturated heterocycles. The van der Waals surface area contributed by atoms with Crippen LogP contribution in [0.15, 0.2) is 42.6 Å². The first-order chi connectivity index (χ1) is 15.4. The topological polar surface area (TPSA) is 82.5 Å². The number of carbonyl (C=O) groups is 1. The van der Waals surface area contributed by atoms with Crippen LogP contribution in [-0.4, -0.2) is 45.3 Å². The Balaban J connectivity index is 0.00000144. The molecule has 0 aliphatic heterocycles. The van der Waals surface area contributed by atoms with Crippen molar-refractivity contribution < 1.29 is 19.4 Å². The number of nitrogens with one attached hydrogen (secondary N) is 1. The molecular formula is C24H35Cl2FN2O3. The zero-order chi connectivity index (χ0) is 24.5. The Morgan fingerprint density at radius 1 is 1.06 bits per heavy atom. The SMILES string of the molecule is CC.CCCO.CCCc1ccc(-c2ccc(C(O)C(CF)NC(=O)C(Cl)Cl)cc2)cn1. The van der Waals surface area contributed by atoms with Gasteiger partial charge >= 0.3 is 0 Å². The minimum Gasteiger partial charge on any atom is -0.396 e. The highest BCUT2D eigenvalue weighted by Gasteiger charge is 2.25. The predicted octanol–water partition coefficient (Wildman–Crippen LogP) is 5.41. The zero-order valence-electron chi connectivity index (χ0n) is 19.2. The van der Waals surface area contributed by atoms with E-state index in [1.54, 1.807) is 12.1 Å². The maximum Gasteiger partial charge on any atom is 0.253 e. The number of hydrogen-bond acceptors (Lipinski definition) is 4. The molecule has 2 atom stereocenters. The van der Waals surface area contributed by atoms with E-state index in [9.17, 15) is 14.3 Å². The molecule has 8 heteroatoms. The van der Waals surface area contributed by atoms with Crippen LogP contribution in [0, 0.1) is 0 Å². The molecule has 1 heterocycles. The number of benzene rings is 1. The third-order valence-electron chi connectivity index (χ3n) is 4.21. The molecule has 2 unspecified atom stereocenters. The molecule has 0 aliphatic carbocycles. The van der Waals surface area contributed by atoms with E-state index in [4.69, 9.17) is 28.3 Å². The van der Waals surface area contributed by atoms with Crippen LogP contribution in [0.5, 0.6) is 0 Å². The molecule has 0 saturated carbocycles. The molecule has 0 spiro atoms. The van der Waals surface area contributed by atoms with Crippen molar-refractivity contribution in [3.63, 3.8) is 0 Å². The standard InChI is InChI=1S/C19H21Cl2FN2O2.C3H8O.C2H6/c1-2-3-15-9-8-14(11-23-15)12-4-6-13(7-5-12)17(25)16(10-22)24-19(26)18(20)21;1-2-3-4;1-2/h4-9,11,16-18,25H,2-3,10H2,1H3,(H,24,26);4H,2-3H2,1H3;1-2H3. The van der Waals surface area contributed by atoms with E-state index >= 15 is 0 Å². The molecule has 3 N–H and O–H groups in total. The van der Waals surface area contributed by atoms with Gasteiger partial charge in [-0.1, -0.05) is 87.6 Å². The molecule has 5 nitrogen and oxygen atoms in total. The van der Waals surface area contributed by atoms with Crippen molar-refractivity contribution >= 4 is 29.1 Å². The van der Waals surface area contributed by atoms with Gasteiger partial charge in [-0.3, -0.25) is 9.78 Å². The lowest BCUT2D eigenvalue weighted by Gasteiger charge is -2.22. The lowest BCUT2D eigenvalue weighted by Crippen LogP contribution is -2.43. The zero-order valence-corrected chi connectivity index (χ0v) is 20.7. The van der Waals surface area contributed by atoms with Crippen molar-refractivity contribution in [1.29, 1.82) is 0 Å². The Morgan fingerprint density at radius 3 is 2.03 bits per heavy atom. The number of pyridine rings is 1. The highest BCUT2D eigenvalue weighted by atomic mass is 35.5.